The Balaban J connectivity index is 2.61. The second-order valence-corrected chi connectivity index (χ2v) is 4.13. The molecule has 0 spiro atoms. The molecule has 1 aromatic rings. The van der Waals surface area contributed by atoms with Crippen LogP contribution in [0.1, 0.15) is 19.4 Å². The van der Waals surface area contributed by atoms with Gasteiger partial charge in [-0.15, -0.1) is 0 Å². The predicted octanol–water partition coefficient (Wildman–Crippen LogP) is 1.43. The van der Waals surface area contributed by atoms with E-state index in [9.17, 15) is 18.4 Å². The average Bonchev–Trinajstić information content (AvgIpc) is 2.35. The SMILES string of the molecule is CC(=O)N[C@@H](C)C(=O)NCc1ccccc1OC(F)F. The van der Waals surface area contributed by atoms with Crippen molar-refractivity contribution in [2.75, 3.05) is 0 Å². The van der Waals surface area contributed by atoms with Gasteiger partial charge < -0.3 is 15.4 Å². The van der Waals surface area contributed by atoms with Crippen molar-refractivity contribution in [1.29, 1.82) is 0 Å². The second-order valence-electron chi connectivity index (χ2n) is 4.13. The first-order valence-electron chi connectivity index (χ1n) is 5.97. The third-order valence-electron chi connectivity index (χ3n) is 2.45. The molecule has 0 aliphatic heterocycles. The van der Waals surface area contributed by atoms with E-state index in [1.165, 1.54) is 19.9 Å². The van der Waals surface area contributed by atoms with E-state index in [-0.39, 0.29) is 18.2 Å². The summed E-state index contributed by atoms with van der Waals surface area (Å²) < 4.78 is 28.8. The molecule has 0 saturated carbocycles. The number of nitrogens with one attached hydrogen (secondary N) is 2. The molecule has 2 amide bonds. The molecule has 0 fully saturated rings. The number of halogens is 2. The minimum absolute atomic E-state index is 0.00924. The molecule has 110 valence electrons. The number of benzene rings is 1. The molecule has 0 unspecified atom stereocenters. The highest BCUT2D eigenvalue weighted by molar-refractivity contribution is 5.86. The van der Waals surface area contributed by atoms with Crippen LogP contribution in [0.4, 0.5) is 8.78 Å². The monoisotopic (exact) mass is 286 g/mol. The van der Waals surface area contributed by atoms with Gasteiger partial charge in [-0.3, -0.25) is 9.59 Å². The smallest absolute Gasteiger partial charge is 0.387 e. The fourth-order valence-corrected chi connectivity index (χ4v) is 1.57. The van der Waals surface area contributed by atoms with Gasteiger partial charge in [-0.25, -0.2) is 0 Å². The van der Waals surface area contributed by atoms with Crippen molar-refractivity contribution in [3.63, 3.8) is 0 Å². The van der Waals surface area contributed by atoms with Gasteiger partial charge in [0.1, 0.15) is 11.8 Å². The number of hydrogen-bond donors (Lipinski definition) is 2. The molecule has 0 bridgehead atoms. The predicted molar refractivity (Wildman–Crippen MR) is 68.2 cm³/mol. The van der Waals surface area contributed by atoms with E-state index < -0.39 is 18.6 Å². The minimum atomic E-state index is -2.93. The zero-order chi connectivity index (χ0) is 15.1. The number of carbonyl (C=O) groups is 2. The highest BCUT2D eigenvalue weighted by Gasteiger charge is 2.14. The van der Waals surface area contributed by atoms with Crippen molar-refractivity contribution in [2.45, 2.75) is 33.0 Å². The Morgan fingerprint density at radius 2 is 1.95 bits per heavy atom. The summed E-state index contributed by atoms with van der Waals surface area (Å²) >= 11 is 0. The summed E-state index contributed by atoms with van der Waals surface area (Å²) in [6.45, 7) is -0.0652. The highest BCUT2D eigenvalue weighted by atomic mass is 19.3. The third kappa shape index (κ3) is 5.21. The lowest BCUT2D eigenvalue weighted by Gasteiger charge is -2.14. The first-order valence-corrected chi connectivity index (χ1v) is 5.97. The summed E-state index contributed by atoms with van der Waals surface area (Å²) in [5.74, 6) is -0.726. The molecule has 0 radical (unpaired) electrons. The summed E-state index contributed by atoms with van der Waals surface area (Å²) in [5, 5.41) is 4.96. The van der Waals surface area contributed by atoms with Gasteiger partial charge in [0, 0.05) is 19.0 Å². The summed E-state index contributed by atoms with van der Waals surface area (Å²) in [7, 11) is 0. The normalized spacial score (nSPS) is 11.8. The van der Waals surface area contributed by atoms with Crippen LogP contribution in [0.3, 0.4) is 0 Å². The van der Waals surface area contributed by atoms with Crippen molar-refractivity contribution in [3.8, 4) is 5.75 Å². The number of hydrogen-bond acceptors (Lipinski definition) is 3. The van der Waals surface area contributed by atoms with Gasteiger partial charge in [0.15, 0.2) is 0 Å². The van der Waals surface area contributed by atoms with Gasteiger partial charge in [0.05, 0.1) is 0 Å². The Bertz CT molecular complexity index is 480. The molecular formula is C13H16F2N2O3. The molecule has 0 aliphatic carbocycles. The van der Waals surface area contributed by atoms with Crippen LogP contribution < -0.4 is 15.4 Å². The van der Waals surface area contributed by atoms with E-state index in [4.69, 9.17) is 0 Å². The minimum Gasteiger partial charge on any atom is -0.434 e. The largest absolute Gasteiger partial charge is 0.434 e. The van der Waals surface area contributed by atoms with Crippen molar-refractivity contribution >= 4 is 11.8 Å². The molecule has 0 aromatic heterocycles. The third-order valence-corrected chi connectivity index (χ3v) is 2.45. The summed E-state index contributed by atoms with van der Waals surface area (Å²) in [4.78, 5) is 22.5. The molecule has 7 heteroatoms. The van der Waals surface area contributed by atoms with Crippen LogP contribution in [0.5, 0.6) is 5.75 Å². The van der Waals surface area contributed by atoms with Crippen LogP contribution >= 0.6 is 0 Å². The van der Waals surface area contributed by atoms with Gasteiger partial charge in [-0.2, -0.15) is 8.78 Å². The zero-order valence-electron chi connectivity index (χ0n) is 11.2. The molecule has 0 heterocycles. The van der Waals surface area contributed by atoms with Crippen molar-refractivity contribution in [3.05, 3.63) is 29.8 Å². The van der Waals surface area contributed by atoms with Gasteiger partial charge in [0.25, 0.3) is 0 Å². The van der Waals surface area contributed by atoms with Gasteiger partial charge in [-0.05, 0) is 13.0 Å². The summed E-state index contributed by atoms with van der Waals surface area (Å²) in [6.07, 6.45) is 0. The van der Waals surface area contributed by atoms with E-state index in [2.05, 4.69) is 15.4 Å². The number of para-hydroxylation sites is 1. The number of amides is 2. The van der Waals surface area contributed by atoms with Crippen molar-refractivity contribution in [2.24, 2.45) is 0 Å². The van der Waals surface area contributed by atoms with E-state index in [1.807, 2.05) is 0 Å². The standard InChI is InChI=1S/C13H16F2N2O3/c1-8(17-9(2)18)12(19)16-7-10-5-3-4-6-11(10)20-13(14)15/h3-6,8,13H,7H2,1-2H3,(H,16,19)(H,17,18)/t8-/m0/s1. The van der Waals surface area contributed by atoms with Gasteiger partial charge in [0.2, 0.25) is 11.8 Å². The highest BCUT2D eigenvalue weighted by Crippen LogP contribution is 2.19. The van der Waals surface area contributed by atoms with Crippen LogP contribution in [-0.4, -0.2) is 24.5 Å². The van der Waals surface area contributed by atoms with E-state index in [1.54, 1.807) is 18.2 Å². The number of ether oxygens (including phenoxy) is 1. The Hall–Kier alpha value is -2.18. The maximum Gasteiger partial charge on any atom is 0.387 e. The quantitative estimate of drug-likeness (QED) is 0.831. The van der Waals surface area contributed by atoms with E-state index in [0.717, 1.165) is 0 Å². The van der Waals surface area contributed by atoms with Crippen molar-refractivity contribution < 1.29 is 23.1 Å². The lowest BCUT2D eigenvalue weighted by atomic mass is 10.2. The molecule has 0 aliphatic rings. The first-order chi connectivity index (χ1) is 9.40. The lowest BCUT2D eigenvalue weighted by Crippen LogP contribution is -2.43. The second kappa shape index (κ2) is 7.42. The van der Waals surface area contributed by atoms with Gasteiger partial charge in [-0.1, -0.05) is 18.2 Å². The maximum absolute atomic E-state index is 12.2. The van der Waals surface area contributed by atoms with E-state index >= 15 is 0 Å². The molecule has 0 saturated heterocycles. The van der Waals surface area contributed by atoms with Gasteiger partial charge >= 0.3 is 6.61 Å². The Morgan fingerprint density at radius 3 is 2.55 bits per heavy atom. The van der Waals surface area contributed by atoms with Crippen LogP contribution in [0.2, 0.25) is 0 Å². The zero-order valence-corrected chi connectivity index (χ0v) is 11.2. The molecule has 1 atom stereocenters. The number of carbonyl (C=O) groups excluding carboxylic acids is 2. The molecule has 20 heavy (non-hydrogen) atoms. The van der Waals surface area contributed by atoms with E-state index in [0.29, 0.717) is 5.56 Å². The summed E-state index contributed by atoms with van der Waals surface area (Å²) in [6, 6.07) is 5.47. The van der Waals surface area contributed by atoms with Crippen LogP contribution in [-0.2, 0) is 16.1 Å². The Morgan fingerprint density at radius 1 is 1.30 bits per heavy atom. The molecule has 1 aromatic carbocycles. The number of alkyl halides is 2. The molecular weight excluding hydrogens is 270 g/mol. The summed E-state index contributed by atoms with van der Waals surface area (Å²) in [5.41, 5.74) is 0.427. The Kier molecular flexibility index (Phi) is 5.89. The molecule has 1 rings (SSSR count). The average molecular weight is 286 g/mol. The van der Waals surface area contributed by atoms with Crippen LogP contribution in [0, 0.1) is 0 Å². The Labute approximate surface area is 115 Å². The van der Waals surface area contributed by atoms with Crippen molar-refractivity contribution in [1.82, 2.24) is 10.6 Å². The first kappa shape index (κ1) is 15.9. The fourth-order valence-electron chi connectivity index (χ4n) is 1.57. The van der Waals surface area contributed by atoms with Crippen LogP contribution in [0.15, 0.2) is 24.3 Å². The van der Waals surface area contributed by atoms with Crippen LogP contribution in [0.25, 0.3) is 0 Å². The topological polar surface area (TPSA) is 67.4 Å². The lowest BCUT2D eigenvalue weighted by molar-refractivity contribution is -0.127. The molecule has 5 nitrogen and oxygen atoms in total. The number of rotatable bonds is 6. The fraction of sp³-hybridized carbons (Fsp3) is 0.385. The maximum atomic E-state index is 12.2. The molecule has 2 N–H and O–H groups in total.